The van der Waals surface area contributed by atoms with Crippen molar-refractivity contribution in [1.29, 1.82) is 0 Å². The average Bonchev–Trinajstić information content (AvgIpc) is 3.39. The molecule has 10 heteroatoms. The number of carbonyl (C=O) groups excluding carboxylic acids is 2. The summed E-state index contributed by atoms with van der Waals surface area (Å²) in [5.74, 6) is 1.18. The van der Waals surface area contributed by atoms with Gasteiger partial charge < -0.3 is 24.7 Å². The SMILES string of the molecule is O=C1CCC(c2ccc(OCC(=O)N3CCC(NCCCOc4ccc5c(c4)[nH]c4ccccc45)CC3)c(Cl)c2)=NN1. The Hall–Kier alpha value is -4.08. The molecule has 42 heavy (non-hydrogen) atoms. The molecule has 3 heterocycles. The van der Waals surface area contributed by atoms with Crippen molar-refractivity contribution < 1.29 is 19.1 Å². The van der Waals surface area contributed by atoms with E-state index in [2.05, 4.69) is 51.2 Å². The summed E-state index contributed by atoms with van der Waals surface area (Å²) in [5.41, 5.74) is 6.30. The van der Waals surface area contributed by atoms with E-state index in [1.165, 1.54) is 10.8 Å². The maximum atomic E-state index is 12.8. The molecule has 0 saturated carbocycles. The van der Waals surface area contributed by atoms with E-state index < -0.39 is 0 Å². The molecule has 0 atom stereocenters. The number of para-hydroxylation sites is 1. The number of aromatic amines is 1. The Morgan fingerprint density at radius 3 is 2.64 bits per heavy atom. The molecule has 2 amide bonds. The van der Waals surface area contributed by atoms with Gasteiger partial charge in [0, 0.05) is 54.3 Å². The van der Waals surface area contributed by atoms with E-state index in [1.807, 2.05) is 23.1 Å². The van der Waals surface area contributed by atoms with Crippen molar-refractivity contribution >= 4 is 50.9 Å². The van der Waals surface area contributed by atoms with E-state index in [-0.39, 0.29) is 18.4 Å². The van der Waals surface area contributed by atoms with Crippen molar-refractivity contribution in [3.05, 3.63) is 71.2 Å². The summed E-state index contributed by atoms with van der Waals surface area (Å²) in [5, 5.41) is 10.5. The van der Waals surface area contributed by atoms with Crippen LogP contribution in [0.15, 0.2) is 65.8 Å². The molecule has 218 valence electrons. The molecular formula is C32H34ClN5O4. The van der Waals surface area contributed by atoms with E-state index in [4.69, 9.17) is 21.1 Å². The van der Waals surface area contributed by atoms with Crippen molar-refractivity contribution in [3.63, 3.8) is 0 Å². The van der Waals surface area contributed by atoms with Crippen molar-refractivity contribution in [2.24, 2.45) is 5.10 Å². The Bertz CT molecular complexity index is 1630. The van der Waals surface area contributed by atoms with Crippen molar-refractivity contribution in [2.75, 3.05) is 32.8 Å². The normalized spacial score (nSPS) is 16.0. The Morgan fingerprint density at radius 2 is 1.83 bits per heavy atom. The topological polar surface area (TPSA) is 108 Å². The number of hydrazone groups is 1. The summed E-state index contributed by atoms with van der Waals surface area (Å²) >= 11 is 6.40. The zero-order chi connectivity index (χ0) is 28.9. The fourth-order valence-corrected chi connectivity index (χ4v) is 5.77. The van der Waals surface area contributed by atoms with Crippen LogP contribution >= 0.6 is 11.6 Å². The first-order chi connectivity index (χ1) is 20.5. The zero-order valence-electron chi connectivity index (χ0n) is 23.3. The Labute approximate surface area is 249 Å². The molecule has 0 radical (unpaired) electrons. The molecule has 9 nitrogen and oxygen atoms in total. The van der Waals surface area contributed by atoms with Gasteiger partial charge in [-0.25, -0.2) is 5.43 Å². The van der Waals surface area contributed by atoms with Gasteiger partial charge >= 0.3 is 0 Å². The minimum atomic E-state index is -0.0933. The number of hydrogen-bond donors (Lipinski definition) is 3. The number of likely N-dealkylation sites (tertiary alicyclic amines) is 1. The van der Waals surface area contributed by atoms with E-state index >= 15 is 0 Å². The predicted octanol–water partition coefficient (Wildman–Crippen LogP) is 5.02. The highest BCUT2D eigenvalue weighted by molar-refractivity contribution is 6.32. The fourth-order valence-electron chi connectivity index (χ4n) is 5.54. The number of aromatic nitrogens is 1. The van der Waals surface area contributed by atoms with E-state index in [1.54, 1.807) is 12.1 Å². The number of benzene rings is 3. The lowest BCUT2D eigenvalue weighted by atomic mass is 10.0. The third-order valence-electron chi connectivity index (χ3n) is 7.87. The third kappa shape index (κ3) is 6.53. The van der Waals surface area contributed by atoms with Crippen molar-refractivity contribution in [2.45, 2.75) is 38.1 Å². The van der Waals surface area contributed by atoms with Gasteiger partial charge in [-0.05, 0) is 67.8 Å². The quantitative estimate of drug-likeness (QED) is 0.226. The number of fused-ring (bicyclic) bond motifs is 3. The minimum absolute atomic E-state index is 0.0479. The first-order valence-corrected chi connectivity index (χ1v) is 14.8. The number of halogens is 1. The first-order valence-electron chi connectivity index (χ1n) is 14.5. The second-order valence-corrected chi connectivity index (χ2v) is 11.1. The lowest BCUT2D eigenvalue weighted by Gasteiger charge is -2.32. The second kappa shape index (κ2) is 12.8. The highest BCUT2D eigenvalue weighted by atomic mass is 35.5. The third-order valence-corrected chi connectivity index (χ3v) is 8.16. The molecular weight excluding hydrogens is 554 g/mol. The smallest absolute Gasteiger partial charge is 0.260 e. The van der Waals surface area contributed by atoms with Crippen LogP contribution in [0.2, 0.25) is 5.02 Å². The Morgan fingerprint density at radius 1 is 1.00 bits per heavy atom. The lowest BCUT2D eigenvalue weighted by molar-refractivity contribution is -0.134. The van der Waals surface area contributed by atoms with Gasteiger partial charge in [0.1, 0.15) is 11.5 Å². The summed E-state index contributed by atoms with van der Waals surface area (Å²) in [4.78, 5) is 29.4. The standard InChI is InChI=1S/C32H34ClN5O4/c33-26-18-21(27-9-11-31(39)37-36-27)6-10-30(26)42-20-32(40)38-15-12-22(13-16-38)34-14-3-17-41-23-7-8-25-24-4-1-2-5-28(24)35-29(25)19-23/h1-2,4-8,10,18-19,22,34-35H,3,9,11-17,20H2,(H,37,39). The lowest BCUT2D eigenvalue weighted by Crippen LogP contribution is -2.46. The van der Waals surface area contributed by atoms with E-state index in [0.717, 1.165) is 53.9 Å². The van der Waals surface area contributed by atoms with Gasteiger partial charge in [0.15, 0.2) is 6.61 Å². The van der Waals surface area contributed by atoms with Crippen LogP contribution in [0.5, 0.6) is 11.5 Å². The van der Waals surface area contributed by atoms with Crippen LogP contribution in [0.4, 0.5) is 0 Å². The number of amides is 2. The summed E-state index contributed by atoms with van der Waals surface area (Å²) < 4.78 is 11.7. The van der Waals surface area contributed by atoms with Gasteiger partial charge in [0.2, 0.25) is 5.91 Å². The van der Waals surface area contributed by atoms with Gasteiger partial charge in [-0.15, -0.1) is 0 Å². The molecule has 2 aliphatic rings. The Balaban J connectivity index is 0.884. The van der Waals surface area contributed by atoms with Gasteiger partial charge in [-0.2, -0.15) is 5.10 Å². The number of nitrogens with one attached hydrogen (secondary N) is 3. The number of rotatable bonds is 10. The molecule has 2 aliphatic heterocycles. The number of carbonyl (C=O) groups is 2. The zero-order valence-corrected chi connectivity index (χ0v) is 24.1. The van der Waals surface area contributed by atoms with Crippen LogP contribution in [0.25, 0.3) is 21.8 Å². The van der Waals surface area contributed by atoms with Gasteiger partial charge in [-0.3, -0.25) is 9.59 Å². The first kappa shape index (κ1) is 28.1. The van der Waals surface area contributed by atoms with Crippen molar-refractivity contribution in [3.8, 4) is 11.5 Å². The highest BCUT2D eigenvalue weighted by Crippen LogP contribution is 2.29. The summed E-state index contributed by atoms with van der Waals surface area (Å²) in [7, 11) is 0. The van der Waals surface area contributed by atoms with Crippen LogP contribution in [0, 0.1) is 0 Å². The van der Waals surface area contributed by atoms with Gasteiger partial charge in [0.25, 0.3) is 5.91 Å². The number of hydrogen-bond acceptors (Lipinski definition) is 6. The van der Waals surface area contributed by atoms with Crippen LogP contribution in [-0.2, 0) is 9.59 Å². The second-order valence-electron chi connectivity index (χ2n) is 10.7. The molecule has 0 unspecified atom stereocenters. The minimum Gasteiger partial charge on any atom is -0.493 e. The van der Waals surface area contributed by atoms with Gasteiger partial charge in [0.05, 0.1) is 22.9 Å². The number of ether oxygens (including phenoxy) is 2. The largest absolute Gasteiger partial charge is 0.493 e. The van der Waals surface area contributed by atoms with Gasteiger partial charge in [-0.1, -0.05) is 29.8 Å². The monoisotopic (exact) mass is 587 g/mol. The molecule has 3 N–H and O–H groups in total. The summed E-state index contributed by atoms with van der Waals surface area (Å²) in [6.45, 7) is 2.83. The maximum Gasteiger partial charge on any atom is 0.260 e. The van der Waals surface area contributed by atoms with Crippen LogP contribution in [-0.4, -0.2) is 66.3 Å². The number of nitrogens with zero attached hydrogens (tertiary/aromatic N) is 2. The molecule has 0 aliphatic carbocycles. The predicted molar refractivity (Wildman–Crippen MR) is 164 cm³/mol. The molecule has 0 bridgehead atoms. The average molecular weight is 588 g/mol. The number of piperidine rings is 1. The maximum absolute atomic E-state index is 12.8. The summed E-state index contributed by atoms with van der Waals surface area (Å²) in [6, 6.07) is 20.2. The molecule has 1 fully saturated rings. The molecule has 1 aromatic heterocycles. The summed E-state index contributed by atoms with van der Waals surface area (Å²) in [6.07, 6.45) is 3.66. The van der Waals surface area contributed by atoms with E-state index in [0.29, 0.717) is 49.4 Å². The molecule has 4 aromatic rings. The fraction of sp³-hybridized carbons (Fsp3) is 0.344. The van der Waals surface area contributed by atoms with Crippen LogP contribution in [0.1, 0.15) is 37.7 Å². The molecule has 3 aromatic carbocycles. The van der Waals surface area contributed by atoms with E-state index in [9.17, 15) is 9.59 Å². The highest BCUT2D eigenvalue weighted by Gasteiger charge is 2.23. The molecule has 6 rings (SSSR count). The van der Waals surface area contributed by atoms with Crippen LogP contribution < -0.4 is 20.2 Å². The number of H-pyrrole nitrogens is 1. The van der Waals surface area contributed by atoms with Crippen molar-refractivity contribution in [1.82, 2.24) is 20.6 Å². The molecule has 0 spiro atoms. The van der Waals surface area contributed by atoms with Crippen LogP contribution in [0.3, 0.4) is 0 Å². The Kier molecular flexibility index (Phi) is 8.58. The molecule has 1 saturated heterocycles.